The highest BCUT2D eigenvalue weighted by molar-refractivity contribution is 5.74. The third kappa shape index (κ3) is 2.84. The molecule has 0 bridgehead atoms. The molecule has 0 radical (unpaired) electrons. The Morgan fingerprint density at radius 2 is 2.33 bits per heavy atom. The van der Waals surface area contributed by atoms with Crippen molar-refractivity contribution in [2.75, 3.05) is 0 Å². The fraction of sp³-hybridized carbons (Fsp3) is 0.300. The van der Waals surface area contributed by atoms with Crippen molar-refractivity contribution < 1.29 is 15.0 Å². The zero-order valence-corrected chi connectivity index (χ0v) is 7.87. The second kappa shape index (κ2) is 5.20. The van der Waals surface area contributed by atoms with Crippen LogP contribution in [-0.4, -0.2) is 27.6 Å². The number of nitrogens with zero attached hydrogens (tertiary/aromatic N) is 2. The number of rotatable bonds is 4. The molecule has 0 fully saturated rings. The second-order valence-corrected chi connectivity index (χ2v) is 3.01. The fourth-order valence-corrected chi connectivity index (χ4v) is 1.10. The summed E-state index contributed by atoms with van der Waals surface area (Å²) in [5, 5.41) is 27.2. The summed E-state index contributed by atoms with van der Waals surface area (Å²) < 4.78 is 0. The summed E-state index contributed by atoms with van der Waals surface area (Å²) in [6.07, 6.45) is -0.640. The van der Waals surface area contributed by atoms with Gasteiger partial charge in [-0.3, -0.25) is 9.78 Å². The Kier molecular flexibility index (Phi) is 3.92. The largest absolute Gasteiger partial charge is 0.389 e. The molecule has 0 aliphatic carbocycles. The molecule has 1 rings (SSSR count). The highest BCUT2D eigenvalue weighted by Crippen LogP contribution is 2.16. The number of aromatic nitrogens is 1. The topological polar surface area (TPSA) is 94.2 Å². The number of hydrogen-bond acceptors (Lipinski definition) is 5. The highest BCUT2D eigenvalue weighted by atomic mass is 16.3. The SMILES string of the molecule is N#CCC(O)C(O)c1cc(C=O)ccn1. The van der Waals surface area contributed by atoms with E-state index in [1.54, 1.807) is 6.07 Å². The van der Waals surface area contributed by atoms with Gasteiger partial charge in [-0.25, -0.2) is 0 Å². The zero-order valence-electron chi connectivity index (χ0n) is 7.87. The number of carbonyl (C=O) groups excluding carboxylic acids is 1. The summed E-state index contributed by atoms with van der Waals surface area (Å²) in [7, 11) is 0. The van der Waals surface area contributed by atoms with Crippen molar-refractivity contribution in [2.24, 2.45) is 0 Å². The highest BCUT2D eigenvalue weighted by Gasteiger charge is 2.19. The van der Waals surface area contributed by atoms with Gasteiger partial charge in [0.2, 0.25) is 0 Å². The van der Waals surface area contributed by atoms with Crippen LogP contribution < -0.4 is 0 Å². The lowest BCUT2D eigenvalue weighted by atomic mass is 10.1. The first-order valence-electron chi connectivity index (χ1n) is 4.33. The molecule has 1 heterocycles. The number of aldehydes is 1. The van der Waals surface area contributed by atoms with Gasteiger partial charge in [-0.15, -0.1) is 0 Å². The van der Waals surface area contributed by atoms with Crippen molar-refractivity contribution in [3.05, 3.63) is 29.6 Å². The van der Waals surface area contributed by atoms with Crippen molar-refractivity contribution in [2.45, 2.75) is 18.6 Å². The fourth-order valence-electron chi connectivity index (χ4n) is 1.10. The molecule has 0 aliphatic rings. The van der Waals surface area contributed by atoms with Gasteiger partial charge < -0.3 is 10.2 Å². The lowest BCUT2D eigenvalue weighted by molar-refractivity contribution is 0.0190. The third-order valence-electron chi connectivity index (χ3n) is 1.91. The van der Waals surface area contributed by atoms with E-state index < -0.39 is 12.2 Å². The molecule has 5 heteroatoms. The predicted molar refractivity (Wildman–Crippen MR) is 50.8 cm³/mol. The quantitative estimate of drug-likeness (QED) is 0.686. The van der Waals surface area contributed by atoms with Crippen LogP contribution in [0.4, 0.5) is 0 Å². The van der Waals surface area contributed by atoms with Crippen LogP contribution in [0, 0.1) is 11.3 Å². The Hall–Kier alpha value is -1.77. The van der Waals surface area contributed by atoms with E-state index in [-0.39, 0.29) is 12.1 Å². The maximum atomic E-state index is 10.5. The Balaban J connectivity index is 2.86. The van der Waals surface area contributed by atoms with Gasteiger partial charge in [0, 0.05) is 11.8 Å². The van der Waals surface area contributed by atoms with Crippen molar-refractivity contribution in [1.29, 1.82) is 5.26 Å². The summed E-state index contributed by atoms with van der Waals surface area (Å²) >= 11 is 0. The molecule has 0 aromatic carbocycles. The molecule has 78 valence electrons. The van der Waals surface area contributed by atoms with E-state index in [2.05, 4.69) is 4.98 Å². The summed E-state index contributed by atoms with van der Waals surface area (Å²) in [4.78, 5) is 14.3. The molecule has 0 saturated heterocycles. The molecular weight excluding hydrogens is 196 g/mol. The average molecular weight is 206 g/mol. The van der Waals surface area contributed by atoms with Crippen LogP contribution in [-0.2, 0) is 0 Å². The lowest BCUT2D eigenvalue weighted by Gasteiger charge is -2.14. The van der Waals surface area contributed by atoms with Crippen LogP contribution in [0.3, 0.4) is 0 Å². The van der Waals surface area contributed by atoms with E-state index in [1.165, 1.54) is 18.3 Å². The van der Waals surface area contributed by atoms with Gasteiger partial charge in [-0.2, -0.15) is 5.26 Å². The van der Waals surface area contributed by atoms with E-state index in [0.717, 1.165) is 0 Å². The van der Waals surface area contributed by atoms with Crippen molar-refractivity contribution in [3.63, 3.8) is 0 Å². The Morgan fingerprint density at radius 3 is 2.93 bits per heavy atom. The Morgan fingerprint density at radius 1 is 1.60 bits per heavy atom. The van der Waals surface area contributed by atoms with Crippen LogP contribution in [0.15, 0.2) is 18.3 Å². The van der Waals surface area contributed by atoms with Crippen LogP contribution in [0.1, 0.15) is 28.6 Å². The summed E-state index contributed by atoms with van der Waals surface area (Å²) in [6.45, 7) is 0. The smallest absolute Gasteiger partial charge is 0.150 e. The van der Waals surface area contributed by atoms with Gasteiger partial charge >= 0.3 is 0 Å². The molecule has 2 unspecified atom stereocenters. The molecular formula is C10H10N2O3. The van der Waals surface area contributed by atoms with E-state index in [9.17, 15) is 15.0 Å². The van der Waals surface area contributed by atoms with Crippen LogP contribution in [0.25, 0.3) is 0 Å². The van der Waals surface area contributed by atoms with Crippen LogP contribution in [0.2, 0.25) is 0 Å². The first-order valence-corrected chi connectivity index (χ1v) is 4.33. The number of aliphatic hydroxyl groups excluding tert-OH is 2. The van der Waals surface area contributed by atoms with Crippen molar-refractivity contribution in [3.8, 4) is 6.07 Å². The minimum atomic E-state index is -1.25. The van der Waals surface area contributed by atoms with Crippen molar-refractivity contribution in [1.82, 2.24) is 4.98 Å². The Labute approximate surface area is 86.6 Å². The molecule has 5 nitrogen and oxygen atoms in total. The number of carbonyl (C=O) groups is 1. The predicted octanol–water partition coefficient (Wildman–Crippen LogP) is 0.202. The van der Waals surface area contributed by atoms with E-state index in [4.69, 9.17) is 5.26 Å². The van der Waals surface area contributed by atoms with E-state index in [1.807, 2.05) is 0 Å². The summed E-state index contributed by atoms with van der Waals surface area (Å²) in [6, 6.07) is 4.60. The molecule has 0 spiro atoms. The molecule has 0 amide bonds. The van der Waals surface area contributed by atoms with Gasteiger partial charge in [-0.1, -0.05) is 0 Å². The van der Waals surface area contributed by atoms with E-state index >= 15 is 0 Å². The van der Waals surface area contributed by atoms with Gasteiger partial charge in [-0.05, 0) is 12.1 Å². The maximum Gasteiger partial charge on any atom is 0.150 e. The molecule has 0 saturated carbocycles. The minimum Gasteiger partial charge on any atom is -0.389 e. The van der Waals surface area contributed by atoms with Crippen LogP contribution in [0.5, 0.6) is 0 Å². The number of hydrogen-bond donors (Lipinski definition) is 2. The summed E-state index contributed by atoms with van der Waals surface area (Å²) in [5.41, 5.74) is 0.547. The normalized spacial score (nSPS) is 13.9. The van der Waals surface area contributed by atoms with Gasteiger partial charge in [0.15, 0.2) is 0 Å². The van der Waals surface area contributed by atoms with Crippen LogP contribution >= 0.6 is 0 Å². The number of pyridine rings is 1. The molecule has 2 N–H and O–H groups in total. The van der Waals surface area contributed by atoms with Crippen molar-refractivity contribution >= 4 is 6.29 Å². The molecule has 15 heavy (non-hydrogen) atoms. The molecule has 0 aliphatic heterocycles. The van der Waals surface area contributed by atoms with E-state index in [0.29, 0.717) is 11.8 Å². The van der Waals surface area contributed by atoms with Gasteiger partial charge in [0.05, 0.1) is 24.3 Å². The van der Waals surface area contributed by atoms with Gasteiger partial charge in [0.1, 0.15) is 12.4 Å². The standard InChI is InChI=1S/C10H10N2O3/c11-3-1-9(14)10(15)8-5-7(6-13)2-4-12-8/h2,4-6,9-10,14-15H,1H2. The average Bonchev–Trinajstić information content (AvgIpc) is 2.28. The monoisotopic (exact) mass is 206 g/mol. The number of nitriles is 1. The minimum absolute atomic E-state index is 0.183. The first-order chi connectivity index (χ1) is 7.19. The molecule has 2 atom stereocenters. The zero-order chi connectivity index (χ0) is 11.3. The lowest BCUT2D eigenvalue weighted by Crippen LogP contribution is -2.18. The molecule has 1 aromatic heterocycles. The van der Waals surface area contributed by atoms with Gasteiger partial charge in [0.25, 0.3) is 0 Å². The summed E-state index contributed by atoms with van der Waals surface area (Å²) in [5.74, 6) is 0. The maximum absolute atomic E-state index is 10.5. The second-order valence-electron chi connectivity index (χ2n) is 3.01. The first kappa shape index (κ1) is 11.3. The molecule has 1 aromatic rings. The number of aliphatic hydroxyl groups is 2. The third-order valence-corrected chi connectivity index (χ3v) is 1.91. The Bertz CT molecular complexity index is 386.